The zero-order valence-electron chi connectivity index (χ0n) is 5.74. The summed E-state index contributed by atoms with van der Waals surface area (Å²) in [6.07, 6.45) is 3.39. The number of H-pyrrole nitrogens is 1. The van der Waals surface area contributed by atoms with Crippen molar-refractivity contribution in [3.8, 4) is 0 Å². The van der Waals surface area contributed by atoms with Gasteiger partial charge in [0.25, 0.3) is 0 Å². The Hall–Kier alpha value is -0.0000000000000000555. The first-order chi connectivity index (χ1) is 5.70. The fourth-order valence-corrected chi connectivity index (χ4v) is 2.22. The van der Waals surface area contributed by atoms with Crippen LogP contribution in [0.25, 0.3) is 11.0 Å². The molecular formula is C7H3Cl2IN2. The van der Waals surface area contributed by atoms with Crippen LogP contribution in [-0.4, -0.2) is 9.97 Å². The third kappa shape index (κ3) is 1.20. The lowest BCUT2D eigenvalue weighted by atomic mass is 10.3. The first kappa shape index (κ1) is 8.59. The van der Waals surface area contributed by atoms with Crippen LogP contribution in [0.2, 0.25) is 10.0 Å². The van der Waals surface area contributed by atoms with Gasteiger partial charge in [0.2, 0.25) is 0 Å². The molecule has 2 rings (SSSR count). The van der Waals surface area contributed by atoms with Crippen LogP contribution in [0, 0.1) is 3.57 Å². The van der Waals surface area contributed by atoms with Crippen LogP contribution in [0.4, 0.5) is 0 Å². The van der Waals surface area contributed by atoms with Crippen molar-refractivity contribution in [3.05, 3.63) is 26.0 Å². The van der Waals surface area contributed by atoms with E-state index in [0.29, 0.717) is 10.0 Å². The molecule has 0 aliphatic heterocycles. The topological polar surface area (TPSA) is 28.7 Å². The Balaban J connectivity index is 2.96. The number of hydrogen-bond donors (Lipinski definition) is 1. The standard InChI is InChI=1S/C7H3Cl2IN2/c8-3-1-11-7-5(6(3)9)4(10)2-12-7/h1-2H,(H,11,12). The lowest BCUT2D eigenvalue weighted by Gasteiger charge is -1.96. The van der Waals surface area contributed by atoms with Crippen LogP contribution < -0.4 is 0 Å². The normalized spacial score (nSPS) is 10.9. The summed E-state index contributed by atoms with van der Waals surface area (Å²) >= 11 is 14.0. The molecule has 1 N–H and O–H groups in total. The van der Waals surface area contributed by atoms with E-state index in [9.17, 15) is 0 Å². The van der Waals surface area contributed by atoms with E-state index in [1.54, 1.807) is 6.20 Å². The molecule has 0 amide bonds. The first-order valence-corrected chi connectivity index (χ1v) is 5.00. The second-order valence-corrected chi connectivity index (χ2v) is 4.23. The third-order valence-electron chi connectivity index (χ3n) is 1.55. The van der Waals surface area contributed by atoms with Crippen LogP contribution in [-0.2, 0) is 0 Å². The molecule has 5 heteroatoms. The molecule has 0 unspecified atom stereocenters. The minimum atomic E-state index is 0.488. The van der Waals surface area contributed by atoms with Gasteiger partial charge in [0.05, 0.1) is 15.4 Å². The minimum absolute atomic E-state index is 0.488. The number of aromatic nitrogens is 2. The van der Waals surface area contributed by atoms with Gasteiger partial charge < -0.3 is 4.98 Å². The van der Waals surface area contributed by atoms with Crippen LogP contribution in [0.1, 0.15) is 0 Å². The highest BCUT2D eigenvalue weighted by Crippen LogP contribution is 2.31. The summed E-state index contributed by atoms with van der Waals surface area (Å²) in [5.41, 5.74) is 0.772. The highest BCUT2D eigenvalue weighted by atomic mass is 127. The van der Waals surface area contributed by atoms with Crippen molar-refractivity contribution >= 4 is 56.8 Å². The molecule has 0 bridgehead atoms. The van der Waals surface area contributed by atoms with Gasteiger partial charge >= 0.3 is 0 Å². The van der Waals surface area contributed by atoms with Crippen LogP contribution in [0.15, 0.2) is 12.4 Å². The van der Waals surface area contributed by atoms with Gasteiger partial charge in [-0.25, -0.2) is 4.98 Å². The second kappa shape index (κ2) is 3.05. The molecule has 12 heavy (non-hydrogen) atoms. The minimum Gasteiger partial charge on any atom is -0.345 e. The number of nitrogens with one attached hydrogen (secondary N) is 1. The molecule has 2 aromatic heterocycles. The Morgan fingerprint density at radius 2 is 2.17 bits per heavy atom. The molecule has 2 heterocycles. The van der Waals surface area contributed by atoms with E-state index < -0.39 is 0 Å². The van der Waals surface area contributed by atoms with Gasteiger partial charge in [-0.05, 0) is 22.6 Å². The number of nitrogens with zero attached hydrogens (tertiary/aromatic N) is 1. The van der Waals surface area contributed by atoms with E-state index in [-0.39, 0.29) is 0 Å². The molecule has 0 aliphatic rings. The third-order valence-corrected chi connectivity index (χ3v) is 3.17. The van der Waals surface area contributed by atoms with E-state index in [1.165, 1.54) is 0 Å². The van der Waals surface area contributed by atoms with Crippen molar-refractivity contribution < 1.29 is 0 Å². The predicted molar refractivity (Wildman–Crippen MR) is 58.8 cm³/mol. The molecular weight excluding hydrogens is 310 g/mol. The fourth-order valence-electron chi connectivity index (χ4n) is 0.997. The number of rotatable bonds is 0. The molecule has 0 aliphatic carbocycles. The van der Waals surface area contributed by atoms with Gasteiger partial charge in [-0.15, -0.1) is 0 Å². The maximum absolute atomic E-state index is 5.98. The summed E-state index contributed by atoms with van der Waals surface area (Å²) in [7, 11) is 0. The van der Waals surface area contributed by atoms with Crippen LogP contribution in [0.3, 0.4) is 0 Å². The van der Waals surface area contributed by atoms with E-state index in [2.05, 4.69) is 32.6 Å². The Bertz CT molecular complexity index is 438. The zero-order valence-corrected chi connectivity index (χ0v) is 9.41. The summed E-state index contributed by atoms with van der Waals surface area (Å²) in [4.78, 5) is 7.08. The number of aromatic amines is 1. The van der Waals surface area contributed by atoms with Crippen LogP contribution >= 0.6 is 45.8 Å². The van der Waals surface area contributed by atoms with Gasteiger partial charge in [-0.1, -0.05) is 23.2 Å². The Labute approximate surface area is 92.4 Å². The highest BCUT2D eigenvalue weighted by Gasteiger charge is 2.09. The number of pyridine rings is 1. The Morgan fingerprint density at radius 3 is 2.92 bits per heavy atom. The summed E-state index contributed by atoms with van der Waals surface area (Å²) in [6.45, 7) is 0. The van der Waals surface area contributed by atoms with E-state index in [1.807, 2.05) is 6.20 Å². The summed E-state index contributed by atoms with van der Waals surface area (Å²) in [6, 6.07) is 0. The molecule has 0 fully saturated rings. The maximum Gasteiger partial charge on any atom is 0.139 e. The zero-order chi connectivity index (χ0) is 8.72. The van der Waals surface area contributed by atoms with E-state index >= 15 is 0 Å². The van der Waals surface area contributed by atoms with Crippen molar-refractivity contribution in [2.45, 2.75) is 0 Å². The smallest absolute Gasteiger partial charge is 0.139 e. The van der Waals surface area contributed by atoms with Gasteiger partial charge in [0.15, 0.2) is 0 Å². The molecule has 62 valence electrons. The second-order valence-electron chi connectivity index (χ2n) is 2.28. The van der Waals surface area contributed by atoms with Crippen molar-refractivity contribution in [1.82, 2.24) is 9.97 Å². The first-order valence-electron chi connectivity index (χ1n) is 3.16. The van der Waals surface area contributed by atoms with Gasteiger partial charge in [-0.2, -0.15) is 0 Å². The Kier molecular flexibility index (Phi) is 2.18. The molecule has 0 saturated heterocycles. The molecule has 0 saturated carbocycles. The number of hydrogen-bond acceptors (Lipinski definition) is 1. The molecule has 0 spiro atoms. The summed E-state index contributed by atoms with van der Waals surface area (Å²) in [5.74, 6) is 0. The highest BCUT2D eigenvalue weighted by molar-refractivity contribution is 14.1. The quantitative estimate of drug-likeness (QED) is 0.741. The van der Waals surface area contributed by atoms with E-state index in [4.69, 9.17) is 23.2 Å². The molecule has 0 radical (unpaired) electrons. The van der Waals surface area contributed by atoms with Gasteiger partial charge in [-0.3, -0.25) is 0 Å². The van der Waals surface area contributed by atoms with Crippen molar-refractivity contribution in [1.29, 1.82) is 0 Å². The van der Waals surface area contributed by atoms with Crippen molar-refractivity contribution in [2.24, 2.45) is 0 Å². The van der Waals surface area contributed by atoms with Crippen molar-refractivity contribution in [2.75, 3.05) is 0 Å². The lowest BCUT2D eigenvalue weighted by molar-refractivity contribution is 1.32. The molecule has 0 aromatic carbocycles. The average molecular weight is 313 g/mol. The number of halogens is 3. The van der Waals surface area contributed by atoms with Gasteiger partial charge in [0, 0.05) is 16.0 Å². The fraction of sp³-hybridized carbons (Fsp3) is 0. The number of fused-ring (bicyclic) bond motifs is 1. The maximum atomic E-state index is 5.98. The predicted octanol–water partition coefficient (Wildman–Crippen LogP) is 3.47. The van der Waals surface area contributed by atoms with Crippen molar-refractivity contribution in [3.63, 3.8) is 0 Å². The largest absolute Gasteiger partial charge is 0.345 e. The SMILES string of the molecule is Clc1cnc2[nH]cc(I)c2c1Cl. The molecule has 0 atom stereocenters. The molecule has 2 aromatic rings. The molecule has 2 nitrogen and oxygen atoms in total. The van der Waals surface area contributed by atoms with E-state index in [0.717, 1.165) is 14.6 Å². The van der Waals surface area contributed by atoms with Gasteiger partial charge in [0.1, 0.15) is 5.65 Å². The monoisotopic (exact) mass is 312 g/mol. The Morgan fingerprint density at radius 1 is 1.42 bits per heavy atom. The lowest BCUT2D eigenvalue weighted by Crippen LogP contribution is -1.78. The van der Waals surface area contributed by atoms with Crippen LogP contribution in [0.5, 0.6) is 0 Å². The summed E-state index contributed by atoms with van der Waals surface area (Å²) < 4.78 is 1.03. The summed E-state index contributed by atoms with van der Waals surface area (Å²) in [5, 5.41) is 1.94. The average Bonchev–Trinajstić information content (AvgIpc) is 2.41.